The Morgan fingerprint density at radius 3 is 2.88 bits per heavy atom. The van der Waals surface area contributed by atoms with Crippen molar-refractivity contribution >= 4 is 0 Å². The van der Waals surface area contributed by atoms with Gasteiger partial charge in [0, 0.05) is 38.4 Å². The summed E-state index contributed by atoms with van der Waals surface area (Å²) < 4.78 is 7.46. The number of likely N-dealkylation sites (tertiary alicyclic amines) is 1. The minimum Gasteiger partial charge on any atom is -0.361 e. The number of fused-ring (bicyclic) bond motifs is 1. The third-order valence-electron chi connectivity index (χ3n) is 5.24. The van der Waals surface area contributed by atoms with Crippen LogP contribution in [0, 0.1) is 6.92 Å². The SMILES string of the molecule is Cc1cc(CN2Cc3ccnn3C(CCN3CCCCC3)C2)no1. The fourth-order valence-corrected chi connectivity index (χ4v) is 4.03. The van der Waals surface area contributed by atoms with Crippen molar-refractivity contribution in [2.45, 2.75) is 51.7 Å². The number of hydrogen-bond donors (Lipinski definition) is 0. The van der Waals surface area contributed by atoms with Crippen molar-refractivity contribution in [3.8, 4) is 0 Å². The number of nitrogens with zero attached hydrogens (tertiary/aromatic N) is 5. The van der Waals surface area contributed by atoms with Crippen molar-refractivity contribution in [2.24, 2.45) is 0 Å². The van der Waals surface area contributed by atoms with Gasteiger partial charge in [-0.05, 0) is 45.3 Å². The van der Waals surface area contributed by atoms with Crippen LogP contribution in [0.25, 0.3) is 0 Å². The van der Waals surface area contributed by atoms with E-state index in [9.17, 15) is 0 Å². The lowest BCUT2D eigenvalue weighted by Crippen LogP contribution is -2.39. The zero-order chi connectivity index (χ0) is 16.4. The van der Waals surface area contributed by atoms with E-state index in [1.807, 2.05) is 19.2 Å². The van der Waals surface area contributed by atoms with Gasteiger partial charge in [0.1, 0.15) is 5.76 Å². The van der Waals surface area contributed by atoms with Crippen molar-refractivity contribution in [3.63, 3.8) is 0 Å². The number of aromatic nitrogens is 3. The highest BCUT2D eigenvalue weighted by atomic mass is 16.5. The van der Waals surface area contributed by atoms with Crippen LogP contribution in [0.4, 0.5) is 0 Å². The van der Waals surface area contributed by atoms with Gasteiger partial charge >= 0.3 is 0 Å². The van der Waals surface area contributed by atoms with Gasteiger partial charge in [-0.3, -0.25) is 9.58 Å². The zero-order valence-corrected chi connectivity index (χ0v) is 14.5. The van der Waals surface area contributed by atoms with Crippen molar-refractivity contribution in [3.05, 3.63) is 35.5 Å². The van der Waals surface area contributed by atoms with Gasteiger partial charge in [0.2, 0.25) is 0 Å². The Morgan fingerprint density at radius 2 is 2.08 bits per heavy atom. The monoisotopic (exact) mass is 329 g/mol. The second-order valence-corrected chi connectivity index (χ2v) is 7.21. The molecule has 6 heteroatoms. The maximum Gasteiger partial charge on any atom is 0.133 e. The number of rotatable bonds is 5. The quantitative estimate of drug-likeness (QED) is 0.844. The molecule has 2 aromatic heterocycles. The zero-order valence-electron chi connectivity index (χ0n) is 14.5. The molecule has 0 amide bonds. The van der Waals surface area contributed by atoms with Crippen LogP contribution in [0.3, 0.4) is 0 Å². The van der Waals surface area contributed by atoms with E-state index in [0.717, 1.165) is 31.1 Å². The maximum absolute atomic E-state index is 5.21. The molecule has 1 atom stereocenters. The molecule has 6 nitrogen and oxygen atoms in total. The molecule has 130 valence electrons. The Balaban J connectivity index is 1.40. The summed E-state index contributed by atoms with van der Waals surface area (Å²) in [4.78, 5) is 5.09. The van der Waals surface area contributed by atoms with E-state index in [-0.39, 0.29) is 0 Å². The van der Waals surface area contributed by atoms with Gasteiger partial charge in [-0.25, -0.2) is 0 Å². The fourth-order valence-electron chi connectivity index (χ4n) is 4.03. The van der Waals surface area contributed by atoms with Crippen LogP contribution in [-0.4, -0.2) is 50.9 Å². The van der Waals surface area contributed by atoms with E-state index in [1.54, 1.807) is 0 Å². The van der Waals surface area contributed by atoms with Gasteiger partial charge in [-0.2, -0.15) is 5.10 Å². The normalized spacial score (nSPS) is 22.6. The molecule has 0 aliphatic carbocycles. The molecule has 1 unspecified atom stereocenters. The molecule has 24 heavy (non-hydrogen) atoms. The predicted molar refractivity (Wildman–Crippen MR) is 91.5 cm³/mol. The summed E-state index contributed by atoms with van der Waals surface area (Å²) in [7, 11) is 0. The van der Waals surface area contributed by atoms with Gasteiger partial charge in [0.15, 0.2) is 0 Å². The van der Waals surface area contributed by atoms with Crippen molar-refractivity contribution < 1.29 is 4.52 Å². The molecule has 4 rings (SSSR count). The molecule has 2 aromatic rings. The highest BCUT2D eigenvalue weighted by molar-refractivity contribution is 5.08. The van der Waals surface area contributed by atoms with Gasteiger partial charge in [0.05, 0.1) is 17.4 Å². The first-order chi connectivity index (χ1) is 11.8. The van der Waals surface area contributed by atoms with E-state index in [0.29, 0.717) is 6.04 Å². The average Bonchev–Trinajstić information content (AvgIpc) is 3.22. The molecule has 1 saturated heterocycles. The van der Waals surface area contributed by atoms with Crippen LogP contribution in [0.2, 0.25) is 0 Å². The molecule has 0 N–H and O–H groups in total. The molecule has 2 aliphatic heterocycles. The largest absolute Gasteiger partial charge is 0.361 e. The first-order valence-corrected chi connectivity index (χ1v) is 9.17. The van der Waals surface area contributed by atoms with Crippen molar-refractivity contribution in [1.82, 2.24) is 24.7 Å². The predicted octanol–water partition coefficient (Wildman–Crippen LogP) is 2.61. The lowest BCUT2D eigenvalue weighted by atomic mass is 10.1. The number of piperidine rings is 1. The standard InChI is InChI=1S/C18H27N5O/c1-15-11-16(20-24-15)12-22-13-17-5-7-19-23(17)18(14-22)6-10-21-8-3-2-4-9-21/h5,7,11,18H,2-4,6,8-10,12-14H2,1H3. The maximum atomic E-state index is 5.21. The average molecular weight is 329 g/mol. The number of aryl methyl sites for hydroxylation is 1. The summed E-state index contributed by atoms with van der Waals surface area (Å²) in [6, 6.07) is 4.64. The molecule has 0 spiro atoms. The third-order valence-corrected chi connectivity index (χ3v) is 5.24. The Labute approximate surface area is 143 Å². The molecule has 0 saturated carbocycles. The first kappa shape index (κ1) is 15.8. The number of hydrogen-bond acceptors (Lipinski definition) is 5. The second kappa shape index (κ2) is 7.07. The second-order valence-electron chi connectivity index (χ2n) is 7.21. The molecule has 0 bridgehead atoms. The topological polar surface area (TPSA) is 50.3 Å². The van der Waals surface area contributed by atoms with Crippen LogP contribution in [0.1, 0.15) is 48.9 Å². The van der Waals surface area contributed by atoms with Crippen molar-refractivity contribution in [2.75, 3.05) is 26.2 Å². The van der Waals surface area contributed by atoms with Gasteiger partial charge in [-0.1, -0.05) is 11.6 Å². The van der Waals surface area contributed by atoms with E-state index in [2.05, 4.69) is 30.8 Å². The fraction of sp³-hybridized carbons (Fsp3) is 0.667. The Hall–Kier alpha value is -1.66. The summed E-state index contributed by atoms with van der Waals surface area (Å²) in [5.41, 5.74) is 2.33. The summed E-state index contributed by atoms with van der Waals surface area (Å²) in [6.45, 7) is 8.48. The van der Waals surface area contributed by atoms with Crippen LogP contribution >= 0.6 is 0 Å². The summed E-state index contributed by atoms with van der Waals surface area (Å²) >= 11 is 0. The molecule has 0 radical (unpaired) electrons. The third kappa shape index (κ3) is 3.54. The molecule has 0 aromatic carbocycles. The summed E-state index contributed by atoms with van der Waals surface area (Å²) in [6.07, 6.45) is 7.22. The molecule has 4 heterocycles. The molecular formula is C18H27N5O. The Morgan fingerprint density at radius 1 is 1.21 bits per heavy atom. The van der Waals surface area contributed by atoms with Crippen LogP contribution in [0.5, 0.6) is 0 Å². The van der Waals surface area contributed by atoms with E-state index < -0.39 is 0 Å². The summed E-state index contributed by atoms with van der Waals surface area (Å²) in [5.74, 6) is 0.883. The molecular weight excluding hydrogens is 302 g/mol. The van der Waals surface area contributed by atoms with Crippen LogP contribution in [0.15, 0.2) is 22.9 Å². The van der Waals surface area contributed by atoms with Gasteiger partial charge < -0.3 is 9.42 Å². The van der Waals surface area contributed by atoms with Crippen LogP contribution in [-0.2, 0) is 13.1 Å². The minimum absolute atomic E-state index is 0.457. The van der Waals surface area contributed by atoms with Crippen molar-refractivity contribution in [1.29, 1.82) is 0 Å². The van der Waals surface area contributed by atoms with Gasteiger partial charge in [0.25, 0.3) is 0 Å². The smallest absolute Gasteiger partial charge is 0.133 e. The molecule has 2 aliphatic rings. The lowest BCUT2D eigenvalue weighted by Gasteiger charge is -2.35. The highest BCUT2D eigenvalue weighted by Crippen LogP contribution is 2.25. The molecule has 1 fully saturated rings. The van der Waals surface area contributed by atoms with Crippen LogP contribution < -0.4 is 0 Å². The first-order valence-electron chi connectivity index (χ1n) is 9.17. The summed E-state index contributed by atoms with van der Waals surface area (Å²) in [5, 5.41) is 8.74. The van der Waals surface area contributed by atoms with E-state index in [1.165, 1.54) is 51.0 Å². The van der Waals surface area contributed by atoms with E-state index in [4.69, 9.17) is 4.52 Å². The van der Waals surface area contributed by atoms with Gasteiger partial charge in [-0.15, -0.1) is 0 Å². The Kier molecular flexibility index (Phi) is 4.67. The van der Waals surface area contributed by atoms with E-state index >= 15 is 0 Å². The minimum atomic E-state index is 0.457. The Bertz CT molecular complexity index is 658. The highest BCUT2D eigenvalue weighted by Gasteiger charge is 2.26. The lowest BCUT2D eigenvalue weighted by molar-refractivity contribution is 0.140.